The fourth-order valence-electron chi connectivity index (χ4n) is 1.74. The first-order chi connectivity index (χ1) is 8.18. The largest absolute Gasteiger partial charge is 0.398 e. The smallest absolute Gasteiger partial charge is 0.0404 e. The molecule has 1 heterocycles. The number of nitrogens with one attached hydrogen (secondary N) is 1. The van der Waals surface area contributed by atoms with E-state index in [-0.39, 0.29) is 0 Å². The Morgan fingerprint density at radius 1 is 1.24 bits per heavy atom. The quantitative estimate of drug-likeness (QED) is 0.793. The standard InChI is InChI=1S/C14H17N3/c1-10-8-16-7-6-12(10)9-17-14-5-3-4-13(15)11(14)2/h3-8,17H,9,15H2,1-2H3. The first-order valence-electron chi connectivity index (χ1n) is 5.67. The van der Waals surface area contributed by atoms with E-state index >= 15 is 0 Å². The summed E-state index contributed by atoms with van der Waals surface area (Å²) in [6.07, 6.45) is 3.69. The van der Waals surface area contributed by atoms with Gasteiger partial charge in [0.15, 0.2) is 0 Å². The van der Waals surface area contributed by atoms with Gasteiger partial charge in [0, 0.05) is 30.3 Å². The van der Waals surface area contributed by atoms with Crippen LogP contribution in [0.4, 0.5) is 11.4 Å². The van der Waals surface area contributed by atoms with Crippen LogP contribution in [-0.2, 0) is 6.54 Å². The van der Waals surface area contributed by atoms with Gasteiger partial charge < -0.3 is 11.1 Å². The van der Waals surface area contributed by atoms with Gasteiger partial charge in [0.2, 0.25) is 0 Å². The van der Waals surface area contributed by atoms with Gasteiger partial charge in [-0.2, -0.15) is 0 Å². The summed E-state index contributed by atoms with van der Waals surface area (Å²) >= 11 is 0. The highest BCUT2D eigenvalue weighted by Gasteiger charge is 2.02. The van der Waals surface area contributed by atoms with Crippen LogP contribution in [0.25, 0.3) is 0 Å². The van der Waals surface area contributed by atoms with Gasteiger partial charge in [-0.3, -0.25) is 4.98 Å². The van der Waals surface area contributed by atoms with Crippen molar-refractivity contribution < 1.29 is 0 Å². The van der Waals surface area contributed by atoms with Gasteiger partial charge in [-0.05, 0) is 48.7 Å². The summed E-state index contributed by atoms with van der Waals surface area (Å²) in [6.45, 7) is 4.88. The predicted octanol–water partition coefficient (Wildman–Crippen LogP) is 2.89. The first-order valence-corrected chi connectivity index (χ1v) is 5.67. The third-order valence-corrected chi connectivity index (χ3v) is 2.98. The molecule has 0 aliphatic rings. The van der Waals surface area contributed by atoms with Gasteiger partial charge in [0.1, 0.15) is 0 Å². The van der Waals surface area contributed by atoms with Crippen molar-refractivity contribution in [2.75, 3.05) is 11.1 Å². The minimum absolute atomic E-state index is 0.790. The summed E-state index contributed by atoms with van der Waals surface area (Å²) in [5.41, 5.74) is 11.3. The van der Waals surface area contributed by atoms with Crippen LogP contribution in [0, 0.1) is 13.8 Å². The first kappa shape index (κ1) is 11.5. The number of hydrogen-bond donors (Lipinski definition) is 2. The molecule has 2 rings (SSSR count). The number of pyridine rings is 1. The maximum atomic E-state index is 5.87. The van der Waals surface area contributed by atoms with Gasteiger partial charge in [0.25, 0.3) is 0 Å². The fourth-order valence-corrected chi connectivity index (χ4v) is 1.74. The monoisotopic (exact) mass is 227 g/mol. The third-order valence-electron chi connectivity index (χ3n) is 2.98. The molecule has 0 saturated heterocycles. The lowest BCUT2D eigenvalue weighted by molar-refractivity contribution is 1.09. The lowest BCUT2D eigenvalue weighted by atomic mass is 10.1. The molecule has 88 valence electrons. The van der Waals surface area contributed by atoms with Crippen molar-refractivity contribution >= 4 is 11.4 Å². The minimum atomic E-state index is 0.790. The van der Waals surface area contributed by atoms with Crippen LogP contribution >= 0.6 is 0 Å². The predicted molar refractivity (Wildman–Crippen MR) is 71.9 cm³/mol. The molecule has 0 fully saturated rings. The molecule has 17 heavy (non-hydrogen) atoms. The van der Waals surface area contributed by atoms with Crippen LogP contribution in [0.3, 0.4) is 0 Å². The Kier molecular flexibility index (Phi) is 3.28. The molecule has 0 radical (unpaired) electrons. The Balaban J connectivity index is 2.13. The van der Waals surface area contributed by atoms with Crippen LogP contribution in [0.1, 0.15) is 16.7 Å². The minimum Gasteiger partial charge on any atom is -0.398 e. The molecule has 0 bridgehead atoms. The van der Waals surface area contributed by atoms with Crippen molar-refractivity contribution in [2.45, 2.75) is 20.4 Å². The van der Waals surface area contributed by atoms with Crippen molar-refractivity contribution in [1.29, 1.82) is 0 Å². The lowest BCUT2D eigenvalue weighted by Crippen LogP contribution is -2.04. The van der Waals surface area contributed by atoms with E-state index in [2.05, 4.69) is 17.2 Å². The zero-order valence-corrected chi connectivity index (χ0v) is 10.2. The average molecular weight is 227 g/mol. The molecule has 0 amide bonds. The Morgan fingerprint density at radius 3 is 2.82 bits per heavy atom. The highest BCUT2D eigenvalue weighted by Crippen LogP contribution is 2.21. The van der Waals surface area contributed by atoms with Crippen molar-refractivity contribution in [3.05, 3.63) is 53.3 Å². The maximum Gasteiger partial charge on any atom is 0.0404 e. The topological polar surface area (TPSA) is 50.9 Å². The van der Waals surface area contributed by atoms with Crippen molar-refractivity contribution in [1.82, 2.24) is 4.98 Å². The van der Waals surface area contributed by atoms with E-state index in [0.29, 0.717) is 0 Å². The molecule has 0 aliphatic heterocycles. The molecule has 0 saturated carbocycles. The van der Waals surface area contributed by atoms with Gasteiger partial charge in [-0.25, -0.2) is 0 Å². The highest BCUT2D eigenvalue weighted by atomic mass is 14.9. The number of rotatable bonds is 3. The van der Waals surface area contributed by atoms with Gasteiger partial charge in [-0.1, -0.05) is 6.07 Å². The number of nitrogens with zero attached hydrogens (tertiary/aromatic N) is 1. The second kappa shape index (κ2) is 4.87. The van der Waals surface area contributed by atoms with Crippen molar-refractivity contribution in [2.24, 2.45) is 0 Å². The van der Waals surface area contributed by atoms with E-state index < -0.39 is 0 Å². The van der Waals surface area contributed by atoms with Gasteiger partial charge >= 0.3 is 0 Å². The van der Waals surface area contributed by atoms with Crippen molar-refractivity contribution in [3.8, 4) is 0 Å². The number of hydrogen-bond acceptors (Lipinski definition) is 3. The summed E-state index contributed by atoms with van der Waals surface area (Å²) in [6, 6.07) is 7.95. The summed E-state index contributed by atoms with van der Waals surface area (Å²) in [7, 11) is 0. The molecule has 0 spiro atoms. The molecule has 1 aromatic heterocycles. The lowest BCUT2D eigenvalue weighted by Gasteiger charge is -2.12. The van der Waals surface area contributed by atoms with Crippen LogP contribution in [0.5, 0.6) is 0 Å². The maximum absolute atomic E-state index is 5.87. The van der Waals surface area contributed by atoms with E-state index in [4.69, 9.17) is 5.73 Å². The number of aromatic nitrogens is 1. The molecule has 1 aromatic carbocycles. The van der Waals surface area contributed by atoms with E-state index in [1.165, 1.54) is 11.1 Å². The molecule has 3 heteroatoms. The second-order valence-electron chi connectivity index (χ2n) is 4.18. The van der Waals surface area contributed by atoms with E-state index in [1.54, 1.807) is 0 Å². The van der Waals surface area contributed by atoms with Crippen molar-refractivity contribution in [3.63, 3.8) is 0 Å². The fraction of sp³-hybridized carbons (Fsp3) is 0.214. The Bertz CT molecular complexity index is 521. The molecular weight excluding hydrogens is 210 g/mol. The zero-order valence-electron chi connectivity index (χ0n) is 10.2. The SMILES string of the molecule is Cc1cnccc1CNc1cccc(N)c1C. The van der Waals surface area contributed by atoms with E-state index in [9.17, 15) is 0 Å². The summed E-state index contributed by atoms with van der Waals surface area (Å²) < 4.78 is 0. The van der Waals surface area contributed by atoms with E-state index in [0.717, 1.165) is 23.5 Å². The Labute approximate surface area is 102 Å². The molecule has 0 atom stereocenters. The molecule has 3 nitrogen and oxygen atoms in total. The summed E-state index contributed by atoms with van der Waals surface area (Å²) in [4.78, 5) is 4.08. The van der Waals surface area contributed by atoms with Gasteiger partial charge in [0.05, 0.1) is 0 Å². The molecule has 3 N–H and O–H groups in total. The Hall–Kier alpha value is -2.03. The molecule has 0 unspecified atom stereocenters. The van der Waals surface area contributed by atoms with Crippen LogP contribution in [0.2, 0.25) is 0 Å². The molecule has 0 aliphatic carbocycles. The molecular formula is C14H17N3. The third kappa shape index (κ3) is 2.56. The number of aryl methyl sites for hydroxylation is 1. The second-order valence-corrected chi connectivity index (χ2v) is 4.18. The number of anilines is 2. The number of nitrogen functional groups attached to an aromatic ring is 1. The highest BCUT2D eigenvalue weighted by molar-refractivity contribution is 5.62. The summed E-state index contributed by atoms with van der Waals surface area (Å²) in [5.74, 6) is 0. The summed E-state index contributed by atoms with van der Waals surface area (Å²) in [5, 5.41) is 3.40. The Morgan fingerprint density at radius 2 is 2.06 bits per heavy atom. The van der Waals surface area contributed by atoms with Crippen LogP contribution < -0.4 is 11.1 Å². The number of nitrogens with two attached hydrogens (primary N) is 1. The van der Waals surface area contributed by atoms with Gasteiger partial charge in [-0.15, -0.1) is 0 Å². The zero-order chi connectivity index (χ0) is 12.3. The average Bonchev–Trinajstić information content (AvgIpc) is 2.33. The van der Waals surface area contributed by atoms with E-state index in [1.807, 2.05) is 43.6 Å². The van der Waals surface area contributed by atoms with Crippen LogP contribution in [-0.4, -0.2) is 4.98 Å². The normalized spacial score (nSPS) is 10.2. The number of benzene rings is 1. The molecule has 2 aromatic rings. The van der Waals surface area contributed by atoms with Crippen LogP contribution in [0.15, 0.2) is 36.7 Å².